The van der Waals surface area contributed by atoms with Crippen LogP contribution in [-0.4, -0.2) is 36.6 Å². The standard InChI is InChI=1S/C25H22N6OS2/c1-32-21-14-12-18(13-15-21)16-30-22(26-28-24(30)33)17-34-25-29-27-23(19-8-4-2-5-9-19)31(25)20-10-6-3-7-11-20/h2-15H,16-17H2,1H3,(H,28,33). The molecule has 2 heterocycles. The van der Waals surface area contributed by atoms with Gasteiger partial charge in [0.2, 0.25) is 0 Å². The number of hydrogen-bond donors (Lipinski definition) is 1. The van der Waals surface area contributed by atoms with Crippen molar-refractivity contribution in [3.05, 3.63) is 101 Å². The Bertz CT molecular complexity index is 1430. The fraction of sp³-hybridized carbons (Fsp3) is 0.120. The van der Waals surface area contributed by atoms with Crippen LogP contribution in [0.1, 0.15) is 11.4 Å². The molecule has 0 amide bonds. The SMILES string of the molecule is COc1ccc(Cn2c(CSc3nnc(-c4ccccc4)n3-c3ccccc3)n[nH]c2=S)cc1. The first-order valence-electron chi connectivity index (χ1n) is 10.7. The monoisotopic (exact) mass is 486 g/mol. The van der Waals surface area contributed by atoms with Crippen molar-refractivity contribution in [1.82, 2.24) is 29.5 Å². The number of nitrogens with zero attached hydrogens (tertiary/aromatic N) is 5. The van der Waals surface area contributed by atoms with E-state index in [0.717, 1.165) is 39.4 Å². The van der Waals surface area contributed by atoms with Crippen LogP contribution < -0.4 is 4.74 Å². The van der Waals surface area contributed by atoms with Gasteiger partial charge in [-0.2, -0.15) is 5.10 Å². The molecule has 0 radical (unpaired) electrons. The van der Waals surface area contributed by atoms with Crippen molar-refractivity contribution < 1.29 is 4.74 Å². The number of nitrogens with one attached hydrogen (secondary N) is 1. The van der Waals surface area contributed by atoms with E-state index in [-0.39, 0.29) is 0 Å². The molecule has 3 aromatic carbocycles. The fourth-order valence-corrected chi connectivity index (χ4v) is 4.73. The Hall–Kier alpha value is -3.69. The summed E-state index contributed by atoms with van der Waals surface area (Å²) < 4.78 is 9.92. The van der Waals surface area contributed by atoms with E-state index in [1.54, 1.807) is 18.9 Å². The van der Waals surface area contributed by atoms with E-state index in [1.807, 2.05) is 77.4 Å². The van der Waals surface area contributed by atoms with Gasteiger partial charge in [0.05, 0.1) is 19.4 Å². The molecular formula is C25H22N6OS2. The van der Waals surface area contributed by atoms with E-state index in [9.17, 15) is 0 Å². The van der Waals surface area contributed by atoms with Crippen LogP contribution in [-0.2, 0) is 12.3 Å². The van der Waals surface area contributed by atoms with Crippen molar-refractivity contribution in [3.8, 4) is 22.8 Å². The molecule has 0 unspecified atom stereocenters. The number of thioether (sulfide) groups is 1. The largest absolute Gasteiger partial charge is 0.497 e. The smallest absolute Gasteiger partial charge is 0.196 e. The Balaban J connectivity index is 1.43. The van der Waals surface area contributed by atoms with Crippen LogP contribution in [0.2, 0.25) is 0 Å². The summed E-state index contributed by atoms with van der Waals surface area (Å²) in [4.78, 5) is 0. The van der Waals surface area contributed by atoms with E-state index in [2.05, 4.69) is 37.1 Å². The molecule has 0 spiro atoms. The van der Waals surface area contributed by atoms with Crippen molar-refractivity contribution >= 4 is 24.0 Å². The zero-order chi connectivity index (χ0) is 23.3. The van der Waals surface area contributed by atoms with Crippen molar-refractivity contribution in [2.45, 2.75) is 17.5 Å². The van der Waals surface area contributed by atoms with Gasteiger partial charge in [-0.05, 0) is 42.0 Å². The van der Waals surface area contributed by atoms with E-state index in [0.29, 0.717) is 17.1 Å². The number of hydrogen-bond acceptors (Lipinski definition) is 6. The summed E-state index contributed by atoms with van der Waals surface area (Å²) in [5.74, 6) is 3.05. The van der Waals surface area contributed by atoms with Crippen molar-refractivity contribution in [1.29, 1.82) is 0 Å². The average molecular weight is 487 g/mol. The first kappa shape index (κ1) is 22.1. The lowest BCUT2D eigenvalue weighted by Gasteiger charge is -2.11. The van der Waals surface area contributed by atoms with E-state index in [4.69, 9.17) is 17.0 Å². The first-order valence-corrected chi connectivity index (χ1v) is 12.1. The molecule has 0 saturated carbocycles. The minimum atomic E-state index is 0.584. The molecule has 34 heavy (non-hydrogen) atoms. The maximum Gasteiger partial charge on any atom is 0.196 e. The molecule has 0 atom stereocenters. The number of H-pyrrole nitrogens is 1. The zero-order valence-electron chi connectivity index (χ0n) is 18.5. The lowest BCUT2D eigenvalue weighted by molar-refractivity contribution is 0.414. The lowest BCUT2D eigenvalue weighted by Crippen LogP contribution is -2.05. The van der Waals surface area contributed by atoms with Crippen LogP contribution in [0.5, 0.6) is 5.75 Å². The van der Waals surface area contributed by atoms with Crippen LogP contribution in [0.4, 0.5) is 0 Å². The van der Waals surface area contributed by atoms with Gasteiger partial charge in [-0.15, -0.1) is 10.2 Å². The van der Waals surface area contributed by atoms with E-state index < -0.39 is 0 Å². The number of ether oxygens (including phenoxy) is 1. The number of rotatable bonds is 8. The maximum absolute atomic E-state index is 5.50. The van der Waals surface area contributed by atoms with E-state index in [1.165, 1.54) is 0 Å². The minimum Gasteiger partial charge on any atom is -0.497 e. The fourth-order valence-electron chi connectivity index (χ4n) is 3.61. The number of methoxy groups -OCH3 is 1. The number of aromatic nitrogens is 6. The third-order valence-corrected chi connectivity index (χ3v) is 6.58. The summed E-state index contributed by atoms with van der Waals surface area (Å²) in [6, 6.07) is 28.2. The summed E-state index contributed by atoms with van der Waals surface area (Å²) in [6.45, 7) is 0.621. The number of benzene rings is 3. The molecule has 0 aliphatic rings. The Morgan fingerprint density at radius 3 is 2.32 bits per heavy atom. The van der Waals surface area contributed by atoms with Gasteiger partial charge in [0.1, 0.15) is 11.6 Å². The average Bonchev–Trinajstić information content (AvgIpc) is 3.47. The van der Waals surface area contributed by atoms with Crippen LogP contribution in [0, 0.1) is 4.77 Å². The predicted molar refractivity (Wildman–Crippen MR) is 136 cm³/mol. The van der Waals surface area contributed by atoms with Gasteiger partial charge in [-0.1, -0.05) is 72.4 Å². The van der Waals surface area contributed by atoms with Crippen LogP contribution in [0.25, 0.3) is 17.1 Å². The highest BCUT2D eigenvalue weighted by Crippen LogP contribution is 2.29. The highest BCUT2D eigenvalue weighted by molar-refractivity contribution is 7.98. The van der Waals surface area contributed by atoms with Gasteiger partial charge in [0.15, 0.2) is 15.8 Å². The Morgan fingerprint density at radius 2 is 1.62 bits per heavy atom. The first-order chi connectivity index (χ1) is 16.7. The molecule has 7 nitrogen and oxygen atoms in total. The van der Waals surface area contributed by atoms with Crippen molar-refractivity contribution in [2.24, 2.45) is 0 Å². The van der Waals surface area contributed by atoms with Gasteiger partial charge in [-0.25, -0.2) is 0 Å². The Kier molecular flexibility index (Phi) is 6.55. The molecule has 9 heteroatoms. The van der Waals surface area contributed by atoms with Crippen LogP contribution in [0.15, 0.2) is 90.1 Å². The molecule has 0 bridgehead atoms. The molecule has 1 N–H and O–H groups in total. The molecular weight excluding hydrogens is 464 g/mol. The molecule has 170 valence electrons. The summed E-state index contributed by atoms with van der Waals surface area (Å²) in [6.07, 6.45) is 0. The van der Waals surface area contributed by atoms with Gasteiger partial charge < -0.3 is 4.74 Å². The lowest BCUT2D eigenvalue weighted by atomic mass is 10.2. The number of para-hydroxylation sites is 1. The van der Waals surface area contributed by atoms with Crippen LogP contribution in [0.3, 0.4) is 0 Å². The highest BCUT2D eigenvalue weighted by Gasteiger charge is 2.17. The topological polar surface area (TPSA) is 73.5 Å². The maximum atomic E-state index is 5.50. The van der Waals surface area contributed by atoms with Gasteiger partial charge >= 0.3 is 0 Å². The normalized spacial score (nSPS) is 11.0. The Morgan fingerprint density at radius 1 is 0.912 bits per heavy atom. The molecule has 5 aromatic rings. The summed E-state index contributed by atoms with van der Waals surface area (Å²) in [5, 5.41) is 17.2. The molecule has 0 aliphatic heterocycles. The predicted octanol–water partition coefficient (Wildman–Crippen LogP) is 5.54. The van der Waals surface area contributed by atoms with E-state index >= 15 is 0 Å². The van der Waals surface area contributed by atoms with Gasteiger partial charge in [-0.3, -0.25) is 14.2 Å². The molecule has 0 fully saturated rings. The summed E-state index contributed by atoms with van der Waals surface area (Å²) in [5.41, 5.74) is 3.13. The molecule has 0 aliphatic carbocycles. The molecule has 0 saturated heterocycles. The number of aromatic amines is 1. The molecule has 5 rings (SSSR count). The summed E-state index contributed by atoms with van der Waals surface area (Å²) in [7, 11) is 1.66. The second-order valence-corrected chi connectivity index (χ2v) is 8.84. The second kappa shape index (κ2) is 10.1. The third-order valence-electron chi connectivity index (χ3n) is 5.35. The van der Waals surface area contributed by atoms with Gasteiger partial charge in [0, 0.05) is 11.3 Å². The van der Waals surface area contributed by atoms with Crippen molar-refractivity contribution in [3.63, 3.8) is 0 Å². The molecule has 2 aromatic heterocycles. The quantitative estimate of drug-likeness (QED) is 0.229. The van der Waals surface area contributed by atoms with Gasteiger partial charge in [0.25, 0.3) is 0 Å². The van der Waals surface area contributed by atoms with Crippen LogP contribution >= 0.6 is 24.0 Å². The third kappa shape index (κ3) is 4.66. The zero-order valence-corrected chi connectivity index (χ0v) is 20.1. The Labute approximate surface area is 206 Å². The summed E-state index contributed by atoms with van der Waals surface area (Å²) >= 11 is 7.07. The minimum absolute atomic E-state index is 0.584. The van der Waals surface area contributed by atoms with Crippen molar-refractivity contribution in [2.75, 3.05) is 7.11 Å². The second-order valence-electron chi connectivity index (χ2n) is 7.51. The highest BCUT2D eigenvalue weighted by atomic mass is 32.2.